The quantitative estimate of drug-likeness (QED) is 0.536. The Labute approximate surface area is 193 Å². The van der Waals surface area contributed by atoms with Gasteiger partial charge in [0, 0.05) is 13.2 Å². The van der Waals surface area contributed by atoms with E-state index >= 15 is 0 Å². The van der Waals surface area contributed by atoms with E-state index < -0.39 is 6.04 Å². The van der Waals surface area contributed by atoms with Gasteiger partial charge in [-0.1, -0.05) is 25.1 Å². The SMILES string of the molecule is CCCOc1ccc(C2c3c(oc4cc(C)cc(C)c4c3=O)C(=O)N2CC2CCCO2)cc1. The number of carbonyl (C=O) groups excluding carboxylic acids is 1. The zero-order valence-electron chi connectivity index (χ0n) is 19.3. The number of aryl methyl sites for hydroxylation is 2. The molecule has 0 spiro atoms. The maximum absolute atomic E-state index is 13.8. The Morgan fingerprint density at radius 1 is 1.12 bits per heavy atom. The molecule has 2 aliphatic heterocycles. The Morgan fingerprint density at radius 2 is 1.91 bits per heavy atom. The minimum absolute atomic E-state index is 0.0357. The summed E-state index contributed by atoms with van der Waals surface area (Å²) in [5, 5.41) is 0.541. The first kappa shape index (κ1) is 21.7. The topological polar surface area (TPSA) is 69.0 Å². The van der Waals surface area contributed by atoms with Gasteiger partial charge in [0.05, 0.1) is 29.7 Å². The van der Waals surface area contributed by atoms with E-state index in [4.69, 9.17) is 13.9 Å². The lowest BCUT2D eigenvalue weighted by Crippen LogP contribution is -2.36. The zero-order valence-corrected chi connectivity index (χ0v) is 19.3. The van der Waals surface area contributed by atoms with Gasteiger partial charge in [-0.05, 0) is 68.0 Å². The smallest absolute Gasteiger partial charge is 0.291 e. The second-order valence-electron chi connectivity index (χ2n) is 9.04. The first-order valence-corrected chi connectivity index (χ1v) is 11.7. The van der Waals surface area contributed by atoms with Crippen LogP contribution in [0.15, 0.2) is 45.6 Å². The van der Waals surface area contributed by atoms with Crippen LogP contribution in [0.2, 0.25) is 0 Å². The molecule has 6 heteroatoms. The molecule has 0 saturated carbocycles. The van der Waals surface area contributed by atoms with Crippen LogP contribution in [0.25, 0.3) is 11.0 Å². The molecule has 1 saturated heterocycles. The van der Waals surface area contributed by atoms with Crippen LogP contribution >= 0.6 is 0 Å². The van der Waals surface area contributed by atoms with Crippen LogP contribution in [0, 0.1) is 13.8 Å². The number of carbonyl (C=O) groups is 1. The maximum Gasteiger partial charge on any atom is 0.291 e. The van der Waals surface area contributed by atoms with Crippen LogP contribution in [-0.2, 0) is 4.74 Å². The normalized spacial score (nSPS) is 20.0. The van der Waals surface area contributed by atoms with Crippen molar-refractivity contribution in [3.05, 3.63) is 74.6 Å². The van der Waals surface area contributed by atoms with Crippen LogP contribution in [0.5, 0.6) is 5.75 Å². The summed E-state index contributed by atoms with van der Waals surface area (Å²) in [5.41, 5.74) is 3.45. The maximum atomic E-state index is 13.8. The third kappa shape index (κ3) is 3.82. The van der Waals surface area contributed by atoms with Gasteiger partial charge in [-0.25, -0.2) is 0 Å². The van der Waals surface area contributed by atoms with Crippen molar-refractivity contribution in [2.75, 3.05) is 19.8 Å². The van der Waals surface area contributed by atoms with Gasteiger partial charge in [-0.15, -0.1) is 0 Å². The summed E-state index contributed by atoms with van der Waals surface area (Å²) < 4.78 is 17.7. The predicted octanol–water partition coefficient (Wildman–Crippen LogP) is 4.92. The van der Waals surface area contributed by atoms with E-state index in [0.29, 0.717) is 36.3 Å². The van der Waals surface area contributed by atoms with E-state index in [9.17, 15) is 9.59 Å². The van der Waals surface area contributed by atoms with E-state index in [0.717, 1.165) is 41.7 Å². The summed E-state index contributed by atoms with van der Waals surface area (Å²) >= 11 is 0. The van der Waals surface area contributed by atoms with Crippen molar-refractivity contribution < 1.29 is 18.7 Å². The highest BCUT2D eigenvalue weighted by molar-refractivity contribution is 5.99. The number of rotatable bonds is 6. The highest BCUT2D eigenvalue weighted by Gasteiger charge is 2.44. The van der Waals surface area contributed by atoms with Crippen LogP contribution in [0.1, 0.15) is 65.0 Å². The van der Waals surface area contributed by atoms with E-state index in [-0.39, 0.29) is 23.2 Å². The predicted molar refractivity (Wildman–Crippen MR) is 126 cm³/mol. The summed E-state index contributed by atoms with van der Waals surface area (Å²) in [6.07, 6.45) is 2.77. The van der Waals surface area contributed by atoms with Crippen LogP contribution in [-0.4, -0.2) is 36.7 Å². The molecule has 1 fully saturated rings. The minimum atomic E-state index is -0.515. The molecule has 5 rings (SSSR count). The average molecular weight is 448 g/mol. The Hall–Kier alpha value is -3.12. The second-order valence-corrected chi connectivity index (χ2v) is 9.04. The number of benzene rings is 2. The first-order valence-electron chi connectivity index (χ1n) is 11.7. The molecule has 172 valence electrons. The molecule has 1 aromatic heterocycles. The van der Waals surface area contributed by atoms with Crippen molar-refractivity contribution in [2.24, 2.45) is 0 Å². The zero-order chi connectivity index (χ0) is 23.1. The molecule has 33 heavy (non-hydrogen) atoms. The van der Waals surface area contributed by atoms with Gasteiger partial charge >= 0.3 is 0 Å². The molecule has 2 unspecified atom stereocenters. The van der Waals surface area contributed by atoms with Crippen molar-refractivity contribution in [3.63, 3.8) is 0 Å². The van der Waals surface area contributed by atoms with Crippen molar-refractivity contribution >= 4 is 16.9 Å². The van der Waals surface area contributed by atoms with Gasteiger partial charge in [-0.2, -0.15) is 0 Å². The van der Waals surface area contributed by atoms with Gasteiger partial charge in [0.25, 0.3) is 5.91 Å². The van der Waals surface area contributed by atoms with Crippen molar-refractivity contribution in [3.8, 4) is 5.75 Å². The van der Waals surface area contributed by atoms with Gasteiger partial charge < -0.3 is 18.8 Å². The van der Waals surface area contributed by atoms with E-state index in [1.165, 1.54) is 0 Å². The van der Waals surface area contributed by atoms with Crippen molar-refractivity contribution in [1.82, 2.24) is 4.90 Å². The number of fused-ring (bicyclic) bond motifs is 2. The second kappa shape index (κ2) is 8.67. The van der Waals surface area contributed by atoms with Gasteiger partial charge in [-0.3, -0.25) is 9.59 Å². The average Bonchev–Trinajstić information content (AvgIpc) is 3.40. The summed E-state index contributed by atoms with van der Waals surface area (Å²) in [6, 6.07) is 11.0. The summed E-state index contributed by atoms with van der Waals surface area (Å²) in [6.45, 7) is 7.70. The summed E-state index contributed by atoms with van der Waals surface area (Å²) in [4.78, 5) is 29.1. The summed E-state index contributed by atoms with van der Waals surface area (Å²) in [5.74, 6) is 0.662. The lowest BCUT2D eigenvalue weighted by Gasteiger charge is -2.27. The van der Waals surface area contributed by atoms with E-state index in [2.05, 4.69) is 6.92 Å². The highest BCUT2D eigenvalue weighted by atomic mass is 16.5. The highest BCUT2D eigenvalue weighted by Crippen LogP contribution is 2.39. The lowest BCUT2D eigenvalue weighted by molar-refractivity contribution is 0.0486. The standard InChI is InChI=1S/C27H29NO5/c1-4-11-31-19-9-7-18(8-10-19)24-23-25(29)22-17(3)13-16(2)14-21(22)33-26(23)27(30)28(24)15-20-6-5-12-32-20/h7-10,13-14,20,24H,4-6,11-12,15H2,1-3H3. The fraction of sp³-hybridized carbons (Fsp3) is 0.407. The molecule has 2 aliphatic rings. The molecule has 0 aliphatic carbocycles. The largest absolute Gasteiger partial charge is 0.494 e. The molecule has 1 amide bonds. The minimum Gasteiger partial charge on any atom is -0.494 e. The molecular formula is C27H29NO5. The third-order valence-corrected chi connectivity index (χ3v) is 6.51. The van der Waals surface area contributed by atoms with E-state index in [1.54, 1.807) is 4.90 Å². The van der Waals surface area contributed by atoms with Crippen LogP contribution in [0.3, 0.4) is 0 Å². The number of nitrogens with zero attached hydrogens (tertiary/aromatic N) is 1. The fourth-order valence-corrected chi connectivity index (χ4v) is 5.02. The molecule has 0 N–H and O–H groups in total. The third-order valence-electron chi connectivity index (χ3n) is 6.51. The molecular weight excluding hydrogens is 418 g/mol. The Kier molecular flexibility index (Phi) is 5.71. The fourth-order valence-electron chi connectivity index (χ4n) is 5.02. The Bertz CT molecular complexity index is 1250. The van der Waals surface area contributed by atoms with E-state index in [1.807, 2.05) is 50.2 Å². The number of amides is 1. The summed E-state index contributed by atoms with van der Waals surface area (Å²) in [7, 11) is 0. The Morgan fingerprint density at radius 3 is 2.61 bits per heavy atom. The molecule has 3 aromatic rings. The van der Waals surface area contributed by atoms with Gasteiger partial charge in [0.2, 0.25) is 5.76 Å². The van der Waals surface area contributed by atoms with Gasteiger partial charge in [0.15, 0.2) is 5.43 Å². The molecule has 0 bridgehead atoms. The van der Waals surface area contributed by atoms with Crippen LogP contribution < -0.4 is 10.2 Å². The van der Waals surface area contributed by atoms with Crippen LogP contribution in [0.4, 0.5) is 0 Å². The Balaban J connectivity index is 1.65. The lowest BCUT2D eigenvalue weighted by atomic mass is 9.96. The molecule has 2 atom stereocenters. The number of ether oxygens (including phenoxy) is 2. The first-order chi connectivity index (χ1) is 16.0. The van der Waals surface area contributed by atoms with Crippen molar-refractivity contribution in [2.45, 2.75) is 52.2 Å². The van der Waals surface area contributed by atoms with Crippen molar-refractivity contribution in [1.29, 1.82) is 0 Å². The number of hydrogen-bond acceptors (Lipinski definition) is 5. The monoisotopic (exact) mass is 447 g/mol. The molecule has 0 radical (unpaired) electrons. The molecule has 2 aromatic carbocycles. The molecule has 3 heterocycles. The molecule has 6 nitrogen and oxygen atoms in total. The number of hydrogen-bond donors (Lipinski definition) is 0. The van der Waals surface area contributed by atoms with Gasteiger partial charge in [0.1, 0.15) is 11.3 Å².